The SMILES string of the molecule is CC(=O)NC[C@H]1CN(c2ccc(N3C=NNCC3)c(F)c2)C(=O)O1.CCO.CCOC(=S)N1CCN(c2ccc(N3C[C@H](CNC(C)=O)OC3=O)cc2F)C=N1.S=C(Cl)Cl. The number of nitrogens with one attached hydrogen (secondary N) is 3. The molecule has 0 radical (unpaired) electrons. The van der Waals surface area contributed by atoms with E-state index in [-0.39, 0.29) is 53.6 Å². The zero-order chi connectivity index (χ0) is 44.4. The maximum atomic E-state index is 14.7. The van der Waals surface area contributed by atoms with Gasteiger partial charge in [0.1, 0.15) is 36.5 Å². The number of aliphatic hydroxyl groups excluding tert-OH is 1. The van der Waals surface area contributed by atoms with Crippen LogP contribution >= 0.6 is 47.6 Å². The summed E-state index contributed by atoms with van der Waals surface area (Å²) in [5.41, 5.74) is 4.33. The maximum absolute atomic E-state index is 14.7. The number of ether oxygens (including phenoxy) is 3. The molecule has 0 aromatic heterocycles. The minimum absolute atomic E-state index is 0.0556. The molecular weight excluding hydrogens is 873 g/mol. The molecule has 4 aliphatic heterocycles. The van der Waals surface area contributed by atoms with Gasteiger partial charge in [-0.15, -0.1) is 0 Å². The van der Waals surface area contributed by atoms with Crippen LogP contribution in [-0.2, 0) is 23.8 Å². The van der Waals surface area contributed by atoms with Crippen LogP contribution in [0.25, 0.3) is 0 Å². The number of anilines is 4. The molecule has 328 valence electrons. The fraction of sp³-hybridized carbons (Fsp3) is 0.444. The molecule has 0 unspecified atom stereocenters. The third-order valence-corrected chi connectivity index (χ3v) is 8.45. The fourth-order valence-electron chi connectivity index (χ4n) is 5.53. The van der Waals surface area contributed by atoms with Crippen LogP contribution in [0.4, 0.5) is 41.1 Å². The van der Waals surface area contributed by atoms with E-state index in [2.05, 4.69) is 38.5 Å². The lowest BCUT2D eigenvalue weighted by Gasteiger charge is -2.29. The van der Waals surface area contributed by atoms with Crippen LogP contribution in [0.1, 0.15) is 27.7 Å². The highest BCUT2D eigenvalue weighted by Crippen LogP contribution is 2.29. The lowest BCUT2D eigenvalue weighted by atomic mass is 10.2. The van der Waals surface area contributed by atoms with Crippen LogP contribution < -0.4 is 35.7 Å². The Kier molecular flexibility index (Phi) is 20.3. The zero-order valence-corrected chi connectivity index (χ0v) is 36.3. The van der Waals surface area contributed by atoms with Gasteiger partial charge in [0.15, 0.2) is 3.78 Å². The van der Waals surface area contributed by atoms with Gasteiger partial charge in [0.2, 0.25) is 11.8 Å². The lowest BCUT2D eigenvalue weighted by molar-refractivity contribution is -0.120. The molecule has 0 saturated carbocycles. The second-order valence-corrected chi connectivity index (χ2v) is 14.7. The average Bonchev–Trinajstić information content (AvgIpc) is 3.78. The monoisotopic (exact) mass is 918 g/mol. The van der Waals surface area contributed by atoms with E-state index >= 15 is 0 Å². The second kappa shape index (κ2) is 24.8. The van der Waals surface area contributed by atoms with E-state index in [1.807, 2.05) is 6.92 Å². The maximum Gasteiger partial charge on any atom is 0.414 e. The number of amides is 4. The van der Waals surface area contributed by atoms with Crippen LogP contribution in [0.15, 0.2) is 46.6 Å². The van der Waals surface area contributed by atoms with Gasteiger partial charge >= 0.3 is 12.2 Å². The van der Waals surface area contributed by atoms with Gasteiger partial charge < -0.3 is 45.2 Å². The number of cyclic esters (lactones) is 2. The van der Waals surface area contributed by atoms with Crippen molar-refractivity contribution in [2.24, 2.45) is 10.2 Å². The molecule has 2 aromatic rings. The number of hydrogen-bond donors (Lipinski definition) is 4. The van der Waals surface area contributed by atoms with Crippen LogP contribution in [-0.4, -0.2) is 134 Å². The number of rotatable bonds is 9. The van der Waals surface area contributed by atoms with Gasteiger partial charge in [-0.1, -0.05) is 35.4 Å². The van der Waals surface area contributed by atoms with Gasteiger partial charge in [-0.05, 0) is 62.5 Å². The van der Waals surface area contributed by atoms with E-state index in [4.69, 9.17) is 54.7 Å². The molecular formula is C36H46Cl2F2N10O8S2. The molecule has 18 nitrogen and oxygen atoms in total. The summed E-state index contributed by atoms with van der Waals surface area (Å²) >= 11 is 18.7. The number of nitrogens with zero attached hydrogens (tertiary/aromatic N) is 7. The quantitative estimate of drug-likeness (QED) is 0.208. The van der Waals surface area contributed by atoms with Gasteiger partial charge in [-0.25, -0.2) is 23.4 Å². The van der Waals surface area contributed by atoms with Gasteiger partial charge in [-0.3, -0.25) is 19.4 Å². The fourth-order valence-corrected chi connectivity index (χ4v) is 5.79. The molecule has 4 N–H and O–H groups in total. The molecule has 0 bridgehead atoms. The Hall–Kier alpha value is -5.16. The number of aliphatic hydroxyl groups is 1. The molecule has 2 atom stereocenters. The Morgan fingerprint density at radius 3 is 1.70 bits per heavy atom. The third kappa shape index (κ3) is 15.5. The van der Waals surface area contributed by atoms with Gasteiger partial charge in [0, 0.05) is 33.5 Å². The number of hydrogen-bond acceptors (Lipinski definition) is 15. The Morgan fingerprint density at radius 2 is 1.33 bits per heavy atom. The Balaban J connectivity index is 0.000000281. The number of carbonyl (C=O) groups excluding carboxylic acids is 4. The summed E-state index contributed by atoms with van der Waals surface area (Å²) < 4.78 is 44.7. The summed E-state index contributed by atoms with van der Waals surface area (Å²) in [6.07, 6.45) is 0.941. The number of benzene rings is 2. The summed E-state index contributed by atoms with van der Waals surface area (Å²) in [4.78, 5) is 52.0. The van der Waals surface area contributed by atoms with Crippen molar-refractivity contribution in [1.29, 1.82) is 0 Å². The van der Waals surface area contributed by atoms with Crippen molar-refractivity contribution in [2.75, 3.05) is 85.2 Å². The molecule has 4 heterocycles. The predicted octanol–water partition coefficient (Wildman–Crippen LogP) is 4.06. The summed E-state index contributed by atoms with van der Waals surface area (Å²) in [7, 11) is 0. The zero-order valence-electron chi connectivity index (χ0n) is 33.1. The summed E-state index contributed by atoms with van der Waals surface area (Å²) in [6, 6.07) is 9.08. The highest BCUT2D eigenvalue weighted by molar-refractivity contribution is 7.86. The molecule has 6 rings (SSSR count). The summed E-state index contributed by atoms with van der Waals surface area (Å²) in [5, 5.41) is 22.7. The van der Waals surface area contributed by atoms with Crippen LogP contribution in [0.3, 0.4) is 0 Å². The molecule has 60 heavy (non-hydrogen) atoms. The van der Waals surface area contributed by atoms with Crippen molar-refractivity contribution in [1.82, 2.24) is 21.1 Å². The third-order valence-electron chi connectivity index (χ3n) is 8.12. The van der Waals surface area contributed by atoms with Crippen molar-refractivity contribution in [3.05, 3.63) is 48.0 Å². The Morgan fingerprint density at radius 1 is 0.867 bits per heavy atom. The average molecular weight is 920 g/mol. The van der Waals surface area contributed by atoms with Gasteiger partial charge in [0.05, 0.1) is 68.6 Å². The predicted molar refractivity (Wildman–Crippen MR) is 233 cm³/mol. The molecule has 4 aliphatic rings. The van der Waals surface area contributed by atoms with E-state index in [1.54, 1.807) is 41.0 Å². The van der Waals surface area contributed by atoms with Crippen molar-refractivity contribution < 1.29 is 47.3 Å². The molecule has 0 aliphatic carbocycles. The molecule has 2 saturated heterocycles. The standard InChI is InChI=1S/C18H22FN5O4S.C15H18FN5O3.C2H6O.CCl2S/c1-3-27-18(29)24-7-6-22(11-21-24)16-5-4-13(8-15(16)19)23-10-14(28-17(23)26)9-20-12(2)25;1-10(22)17-7-12-8-21(15(23)24-12)11-2-3-14(13(16)6-11)20-5-4-18-19-9-20;1-2-3;2-1(3)4/h4-5,8,11,14H,3,6-7,9-10H2,1-2H3,(H,20,25);2-3,6,9,12,18H,4-5,7-8H2,1H3,(H,17,22);3H,2H2,1H3;/t14-;12-;;/m00../s1. The van der Waals surface area contributed by atoms with E-state index in [0.717, 1.165) is 0 Å². The molecule has 0 spiro atoms. The largest absolute Gasteiger partial charge is 0.470 e. The molecule has 24 heteroatoms. The molecule has 4 amide bonds. The van der Waals surface area contributed by atoms with E-state index in [9.17, 15) is 28.0 Å². The number of thiocarbonyl (C=S) groups is 2. The number of halogens is 4. The lowest BCUT2D eigenvalue weighted by Crippen LogP contribution is -2.41. The first-order chi connectivity index (χ1) is 28.6. The minimum Gasteiger partial charge on any atom is -0.470 e. The topological polar surface area (TPSA) is 193 Å². The first-order valence-electron chi connectivity index (χ1n) is 18.4. The van der Waals surface area contributed by atoms with E-state index in [1.165, 1.54) is 53.5 Å². The number of hydrazone groups is 2. The van der Waals surface area contributed by atoms with Gasteiger partial charge in [-0.2, -0.15) is 10.2 Å². The van der Waals surface area contributed by atoms with Crippen molar-refractivity contribution in [2.45, 2.75) is 39.9 Å². The van der Waals surface area contributed by atoms with Crippen LogP contribution in [0.2, 0.25) is 0 Å². The van der Waals surface area contributed by atoms with E-state index in [0.29, 0.717) is 55.5 Å². The number of carbonyl (C=O) groups is 4. The van der Waals surface area contributed by atoms with Crippen LogP contribution in [0, 0.1) is 11.6 Å². The Bertz CT molecular complexity index is 1900. The highest BCUT2D eigenvalue weighted by atomic mass is 35.5. The van der Waals surface area contributed by atoms with Crippen LogP contribution in [0.5, 0.6) is 0 Å². The molecule has 2 aromatic carbocycles. The minimum atomic E-state index is -0.577. The van der Waals surface area contributed by atoms with E-state index < -0.39 is 36.0 Å². The Labute approximate surface area is 366 Å². The first kappa shape index (κ1) is 49.2. The second-order valence-electron chi connectivity index (χ2n) is 12.5. The van der Waals surface area contributed by atoms with Crippen molar-refractivity contribution in [3.63, 3.8) is 0 Å². The van der Waals surface area contributed by atoms with Crippen molar-refractivity contribution in [3.8, 4) is 0 Å². The van der Waals surface area contributed by atoms with Crippen molar-refractivity contribution >= 4 is 116 Å². The molecule has 2 fully saturated rings. The first-order valence-corrected chi connectivity index (χ1v) is 19.9. The smallest absolute Gasteiger partial charge is 0.414 e. The normalized spacial score (nSPS) is 17.7. The van der Waals surface area contributed by atoms with Gasteiger partial charge in [0.25, 0.3) is 5.17 Å². The summed E-state index contributed by atoms with van der Waals surface area (Å²) in [6.45, 7) is 10.1. The summed E-state index contributed by atoms with van der Waals surface area (Å²) in [5.74, 6) is -1.34. The highest BCUT2D eigenvalue weighted by Gasteiger charge is 2.34.